The number of benzene rings is 1. The first-order chi connectivity index (χ1) is 8.46. The highest BCUT2D eigenvalue weighted by atomic mass is 32.2. The number of rotatable bonds is 6. The normalized spacial score (nSPS) is 11.2. The Morgan fingerprint density at radius 3 is 2.44 bits per heavy atom. The molecule has 5 nitrogen and oxygen atoms in total. The van der Waals surface area contributed by atoms with E-state index in [0.717, 1.165) is 5.69 Å². The van der Waals surface area contributed by atoms with Gasteiger partial charge in [-0.25, -0.2) is 13.1 Å². The Morgan fingerprint density at radius 1 is 1.28 bits per heavy atom. The van der Waals surface area contributed by atoms with Crippen molar-refractivity contribution in [1.82, 2.24) is 4.72 Å². The van der Waals surface area contributed by atoms with Crippen LogP contribution in [0.25, 0.3) is 0 Å². The highest BCUT2D eigenvalue weighted by Crippen LogP contribution is 2.10. The summed E-state index contributed by atoms with van der Waals surface area (Å²) in [4.78, 5) is 13.2. The van der Waals surface area contributed by atoms with Crippen molar-refractivity contribution in [2.45, 2.75) is 13.3 Å². The molecule has 0 aliphatic heterocycles. The minimum Gasteiger partial charge on any atom is -0.314 e. The van der Waals surface area contributed by atoms with Crippen molar-refractivity contribution in [3.8, 4) is 0 Å². The molecular formula is C12H18N2O3S. The van der Waals surface area contributed by atoms with Gasteiger partial charge in [-0.1, -0.05) is 25.1 Å². The second kappa shape index (κ2) is 6.51. The van der Waals surface area contributed by atoms with Crippen LogP contribution in [0, 0.1) is 0 Å². The van der Waals surface area contributed by atoms with E-state index >= 15 is 0 Å². The molecule has 0 unspecified atom stereocenters. The van der Waals surface area contributed by atoms with Crippen LogP contribution in [-0.2, 0) is 14.8 Å². The first-order valence-corrected chi connectivity index (χ1v) is 7.40. The first kappa shape index (κ1) is 14.7. The van der Waals surface area contributed by atoms with Gasteiger partial charge >= 0.3 is 0 Å². The average molecular weight is 270 g/mol. The molecule has 1 rings (SSSR count). The number of nitrogens with one attached hydrogen (secondary N) is 1. The third kappa shape index (κ3) is 4.46. The van der Waals surface area contributed by atoms with Gasteiger partial charge in [-0.3, -0.25) is 4.79 Å². The molecule has 0 fully saturated rings. The molecule has 0 spiro atoms. The van der Waals surface area contributed by atoms with Gasteiger partial charge in [0.05, 0.1) is 12.3 Å². The molecule has 1 aromatic carbocycles. The summed E-state index contributed by atoms with van der Waals surface area (Å²) in [5.74, 6) is -0.254. The van der Waals surface area contributed by atoms with Crippen molar-refractivity contribution in [3.63, 3.8) is 0 Å². The van der Waals surface area contributed by atoms with E-state index in [1.807, 2.05) is 18.2 Å². The van der Waals surface area contributed by atoms with Crippen LogP contribution in [0.4, 0.5) is 5.69 Å². The Balaban J connectivity index is 2.57. The van der Waals surface area contributed by atoms with Gasteiger partial charge in [-0.05, 0) is 18.6 Å². The number of carbonyl (C=O) groups excluding carboxylic acids is 1. The average Bonchev–Trinajstić information content (AvgIpc) is 2.36. The zero-order valence-electron chi connectivity index (χ0n) is 10.6. The maximum Gasteiger partial charge on any atom is 0.241 e. The van der Waals surface area contributed by atoms with E-state index in [0.29, 0.717) is 6.42 Å². The minimum absolute atomic E-state index is 0.0370. The van der Waals surface area contributed by atoms with Crippen molar-refractivity contribution in [2.24, 2.45) is 0 Å². The predicted molar refractivity (Wildman–Crippen MR) is 71.9 cm³/mol. The van der Waals surface area contributed by atoms with Gasteiger partial charge in [0.1, 0.15) is 0 Å². The molecule has 0 aliphatic rings. The summed E-state index contributed by atoms with van der Waals surface area (Å²) in [6.45, 7) is 1.56. The SMILES string of the molecule is CCCS(=O)(=O)NCC(=O)N(C)c1ccccc1. The predicted octanol–water partition coefficient (Wildman–Crippen LogP) is 0.979. The van der Waals surface area contributed by atoms with Gasteiger partial charge in [-0.15, -0.1) is 0 Å². The van der Waals surface area contributed by atoms with E-state index in [1.54, 1.807) is 26.1 Å². The number of sulfonamides is 1. The highest BCUT2D eigenvalue weighted by Gasteiger charge is 2.14. The molecule has 0 aliphatic carbocycles. The van der Waals surface area contributed by atoms with Crippen molar-refractivity contribution in [1.29, 1.82) is 0 Å². The number of hydrogen-bond donors (Lipinski definition) is 1. The minimum atomic E-state index is -3.34. The summed E-state index contributed by atoms with van der Waals surface area (Å²) >= 11 is 0. The van der Waals surface area contributed by atoms with Gasteiger partial charge < -0.3 is 4.90 Å². The molecule has 1 N–H and O–H groups in total. The van der Waals surface area contributed by atoms with Crippen LogP contribution in [0.15, 0.2) is 30.3 Å². The monoisotopic (exact) mass is 270 g/mol. The summed E-state index contributed by atoms with van der Waals surface area (Å²) < 4.78 is 25.1. The van der Waals surface area contributed by atoms with Crippen LogP contribution in [0.5, 0.6) is 0 Å². The number of nitrogens with zero attached hydrogens (tertiary/aromatic N) is 1. The third-order valence-electron chi connectivity index (χ3n) is 2.43. The second-order valence-electron chi connectivity index (χ2n) is 3.93. The smallest absolute Gasteiger partial charge is 0.241 e. The molecule has 0 atom stereocenters. The fourth-order valence-corrected chi connectivity index (χ4v) is 2.45. The molecule has 1 amide bonds. The lowest BCUT2D eigenvalue weighted by molar-refractivity contribution is -0.117. The fraction of sp³-hybridized carbons (Fsp3) is 0.417. The summed E-state index contributed by atoms with van der Waals surface area (Å²) in [6, 6.07) is 9.07. The van der Waals surface area contributed by atoms with Crippen LogP contribution in [0.3, 0.4) is 0 Å². The lowest BCUT2D eigenvalue weighted by Gasteiger charge is -2.17. The summed E-state index contributed by atoms with van der Waals surface area (Å²) in [5.41, 5.74) is 0.734. The van der Waals surface area contributed by atoms with Gasteiger partial charge in [0.25, 0.3) is 0 Å². The van der Waals surface area contributed by atoms with E-state index in [-0.39, 0.29) is 18.2 Å². The van der Waals surface area contributed by atoms with Crippen molar-refractivity contribution in [3.05, 3.63) is 30.3 Å². The van der Waals surface area contributed by atoms with Gasteiger partial charge in [0.15, 0.2) is 0 Å². The second-order valence-corrected chi connectivity index (χ2v) is 5.85. The van der Waals surface area contributed by atoms with E-state index < -0.39 is 10.0 Å². The molecule has 0 radical (unpaired) electrons. The largest absolute Gasteiger partial charge is 0.314 e. The molecule has 6 heteroatoms. The molecule has 100 valence electrons. The third-order valence-corrected chi connectivity index (χ3v) is 3.96. The van der Waals surface area contributed by atoms with Crippen LogP contribution >= 0.6 is 0 Å². The van der Waals surface area contributed by atoms with E-state index in [1.165, 1.54) is 4.90 Å². The van der Waals surface area contributed by atoms with Crippen LogP contribution < -0.4 is 9.62 Å². The molecule has 0 aromatic heterocycles. The number of amides is 1. The molecule has 18 heavy (non-hydrogen) atoms. The lowest BCUT2D eigenvalue weighted by Crippen LogP contribution is -2.38. The summed E-state index contributed by atoms with van der Waals surface area (Å²) in [7, 11) is -1.72. The van der Waals surface area contributed by atoms with Crippen LogP contribution in [-0.4, -0.2) is 33.7 Å². The molecule has 1 aromatic rings. The van der Waals surface area contributed by atoms with Gasteiger partial charge in [0, 0.05) is 12.7 Å². The summed E-state index contributed by atoms with van der Waals surface area (Å²) in [6.07, 6.45) is 0.526. The van der Waals surface area contributed by atoms with Crippen LogP contribution in [0.1, 0.15) is 13.3 Å². The highest BCUT2D eigenvalue weighted by molar-refractivity contribution is 7.89. The maximum atomic E-state index is 11.8. The molecule has 0 bridgehead atoms. The molecule has 0 heterocycles. The fourth-order valence-electron chi connectivity index (χ4n) is 1.43. The molecule has 0 saturated heterocycles. The molecular weight excluding hydrogens is 252 g/mol. The topological polar surface area (TPSA) is 66.5 Å². The van der Waals surface area contributed by atoms with E-state index in [2.05, 4.69) is 4.72 Å². The van der Waals surface area contributed by atoms with Crippen molar-refractivity contribution in [2.75, 3.05) is 24.2 Å². The maximum absolute atomic E-state index is 11.8. The molecule has 0 saturated carbocycles. The van der Waals surface area contributed by atoms with Crippen molar-refractivity contribution >= 4 is 21.6 Å². The Labute approximate surface area is 108 Å². The quantitative estimate of drug-likeness (QED) is 0.838. The number of hydrogen-bond acceptors (Lipinski definition) is 3. The number of para-hydroxylation sites is 1. The zero-order chi connectivity index (χ0) is 13.6. The lowest BCUT2D eigenvalue weighted by atomic mass is 10.3. The number of anilines is 1. The van der Waals surface area contributed by atoms with E-state index in [4.69, 9.17) is 0 Å². The Kier molecular flexibility index (Phi) is 5.30. The van der Waals surface area contributed by atoms with E-state index in [9.17, 15) is 13.2 Å². The van der Waals surface area contributed by atoms with Crippen molar-refractivity contribution < 1.29 is 13.2 Å². The van der Waals surface area contributed by atoms with Gasteiger partial charge in [0.2, 0.25) is 15.9 Å². The summed E-state index contributed by atoms with van der Waals surface area (Å²) in [5, 5.41) is 0. The zero-order valence-corrected chi connectivity index (χ0v) is 11.4. The Bertz CT molecular complexity index is 485. The number of likely N-dealkylation sites (N-methyl/N-ethyl adjacent to an activating group) is 1. The standard InChI is InChI=1S/C12H18N2O3S/c1-3-9-18(16,17)13-10-12(15)14(2)11-7-5-4-6-8-11/h4-8,13H,3,9-10H2,1-2H3. The Hall–Kier alpha value is -1.40. The first-order valence-electron chi connectivity index (χ1n) is 5.75. The van der Waals surface area contributed by atoms with Crippen LogP contribution in [0.2, 0.25) is 0 Å². The Morgan fingerprint density at radius 2 is 1.89 bits per heavy atom. The van der Waals surface area contributed by atoms with Gasteiger partial charge in [-0.2, -0.15) is 0 Å². The number of carbonyl (C=O) groups is 1.